The van der Waals surface area contributed by atoms with E-state index in [9.17, 15) is 8.42 Å². The molecule has 0 N–H and O–H groups in total. The molecule has 0 atom stereocenters. The van der Waals surface area contributed by atoms with Crippen molar-refractivity contribution in [2.24, 2.45) is 0 Å². The molecule has 18 heavy (non-hydrogen) atoms. The van der Waals surface area contributed by atoms with E-state index in [1.807, 2.05) is 12.1 Å². The van der Waals surface area contributed by atoms with Crippen LogP contribution in [0.25, 0.3) is 0 Å². The minimum absolute atomic E-state index is 0.177. The van der Waals surface area contributed by atoms with Crippen molar-refractivity contribution in [2.45, 2.75) is 56.8 Å². The summed E-state index contributed by atoms with van der Waals surface area (Å²) in [6.45, 7) is 2.21. The first kappa shape index (κ1) is 15.5. The number of rotatable bonds is 8. The van der Waals surface area contributed by atoms with Gasteiger partial charge in [0.15, 0.2) is 0 Å². The molecule has 0 aliphatic rings. The Labute approximate surface area is 115 Å². The van der Waals surface area contributed by atoms with Crippen molar-refractivity contribution in [2.75, 3.05) is 0 Å². The lowest BCUT2D eigenvalue weighted by Gasteiger charge is -2.03. The molecule has 0 spiro atoms. The lowest BCUT2D eigenvalue weighted by atomic mass is 10.1. The second-order valence-electron chi connectivity index (χ2n) is 4.60. The van der Waals surface area contributed by atoms with Crippen molar-refractivity contribution >= 4 is 19.7 Å². The number of benzene rings is 1. The molecule has 0 radical (unpaired) electrons. The normalized spacial score (nSPS) is 11.7. The molecule has 102 valence electrons. The molecule has 0 bridgehead atoms. The summed E-state index contributed by atoms with van der Waals surface area (Å²) in [5.41, 5.74) is 1.18. The maximum atomic E-state index is 11.1. The van der Waals surface area contributed by atoms with Gasteiger partial charge >= 0.3 is 0 Å². The smallest absolute Gasteiger partial charge is 0.207 e. The van der Waals surface area contributed by atoms with E-state index in [1.165, 1.54) is 37.7 Å². The average molecular weight is 289 g/mol. The molecule has 4 heteroatoms. The first-order valence-electron chi connectivity index (χ1n) is 6.57. The van der Waals surface area contributed by atoms with E-state index in [1.54, 1.807) is 12.1 Å². The summed E-state index contributed by atoms with van der Waals surface area (Å²) in [4.78, 5) is 0.177. The predicted octanol–water partition coefficient (Wildman–Crippen LogP) is 4.52. The third-order valence-corrected chi connectivity index (χ3v) is 4.39. The minimum atomic E-state index is -3.58. The lowest BCUT2D eigenvalue weighted by molar-refractivity contribution is 0.606. The summed E-state index contributed by atoms with van der Waals surface area (Å²) in [5, 5.41) is 0. The maximum absolute atomic E-state index is 11.1. The second-order valence-corrected chi connectivity index (χ2v) is 7.17. The first-order valence-corrected chi connectivity index (χ1v) is 8.88. The Bertz CT molecular complexity index is 437. The van der Waals surface area contributed by atoms with Gasteiger partial charge in [0.2, 0.25) is 0 Å². The van der Waals surface area contributed by atoms with Crippen LogP contribution in [0.2, 0.25) is 0 Å². The van der Waals surface area contributed by atoms with Gasteiger partial charge < -0.3 is 0 Å². The highest BCUT2D eigenvalue weighted by Crippen LogP contribution is 2.16. The van der Waals surface area contributed by atoms with Gasteiger partial charge in [0.25, 0.3) is 9.05 Å². The molecule has 1 aromatic carbocycles. The van der Waals surface area contributed by atoms with Crippen LogP contribution in [-0.2, 0) is 15.5 Å². The number of halogens is 1. The number of unbranched alkanes of at least 4 members (excludes halogenated alkanes) is 5. The van der Waals surface area contributed by atoms with E-state index < -0.39 is 9.05 Å². The van der Waals surface area contributed by atoms with Gasteiger partial charge in [-0.15, -0.1) is 0 Å². The van der Waals surface area contributed by atoms with E-state index in [0.29, 0.717) is 0 Å². The van der Waals surface area contributed by atoms with Gasteiger partial charge in [-0.25, -0.2) is 8.42 Å². The van der Waals surface area contributed by atoms with Gasteiger partial charge in [0.1, 0.15) is 0 Å². The Morgan fingerprint density at radius 1 is 0.944 bits per heavy atom. The van der Waals surface area contributed by atoms with Crippen LogP contribution in [0.4, 0.5) is 0 Å². The molecule has 0 heterocycles. The standard InChI is InChI=1S/C14H21ClO2S/c1-2-3-4-5-6-7-8-13-9-11-14(12-10-13)18(15,16)17/h9-12H,2-8H2,1H3. The van der Waals surface area contributed by atoms with Crippen molar-refractivity contribution in [3.05, 3.63) is 29.8 Å². The molecule has 0 aliphatic heterocycles. The lowest BCUT2D eigenvalue weighted by Crippen LogP contribution is -1.92. The molecule has 1 rings (SSSR count). The fraction of sp³-hybridized carbons (Fsp3) is 0.571. The summed E-state index contributed by atoms with van der Waals surface area (Å²) >= 11 is 0. The summed E-state index contributed by atoms with van der Waals surface area (Å²) in [7, 11) is 1.68. The molecule has 0 unspecified atom stereocenters. The van der Waals surface area contributed by atoms with Crippen LogP contribution in [-0.4, -0.2) is 8.42 Å². The highest BCUT2D eigenvalue weighted by Gasteiger charge is 2.08. The number of aryl methyl sites for hydroxylation is 1. The zero-order valence-corrected chi connectivity index (χ0v) is 12.4. The Morgan fingerprint density at radius 2 is 1.50 bits per heavy atom. The Hall–Kier alpha value is -0.540. The Kier molecular flexibility index (Phi) is 6.72. The molecular weight excluding hydrogens is 268 g/mol. The van der Waals surface area contributed by atoms with Crippen LogP contribution in [0.3, 0.4) is 0 Å². The molecule has 0 amide bonds. The molecular formula is C14H21ClO2S. The van der Waals surface area contributed by atoms with E-state index >= 15 is 0 Å². The number of hydrogen-bond donors (Lipinski definition) is 0. The quantitative estimate of drug-likeness (QED) is 0.521. The highest BCUT2D eigenvalue weighted by atomic mass is 35.7. The zero-order valence-electron chi connectivity index (χ0n) is 10.9. The van der Waals surface area contributed by atoms with Crippen molar-refractivity contribution < 1.29 is 8.42 Å². The van der Waals surface area contributed by atoms with Crippen LogP contribution in [0.15, 0.2) is 29.2 Å². The van der Waals surface area contributed by atoms with Gasteiger partial charge in [0.05, 0.1) is 4.90 Å². The molecule has 0 fully saturated rings. The van der Waals surface area contributed by atoms with Crippen molar-refractivity contribution in [3.8, 4) is 0 Å². The average Bonchev–Trinajstić information content (AvgIpc) is 2.33. The van der Waals surface area contributed by atoms with Crippen molar-refractivity contribution in [1.29, 1.82) is 0 Å². The summed E-state index contributed by atoms with van der Waals surface area (Å²) in [6.07, 6.45) is 8.62. The van der Waals surface area contributed by atoms with Gasteiger partial charge in [-0.2, -0.15) is 0 Å². The van der Waals surface area contributed by atoms with Gasteiger partial charge in [0, 0.05) is 10.7 Å². The summed E-state index contributed by atoms with van der Waals surface area (Å²) in [5.74, 6) is 0. The summed E-state index contributed by atoms with van der Waals surface area (Å²) < 4.78 is 22.1. The SMILES string of the molecule is CCCCCCCCc1ccc(S(=O)(=O)Cl)cc1. The molecule has 0 saturated heterocycles. The van der Waals surface area contributed by atoms with Crippen LogP contribution in [0, 0.1) is 0 Å². The molecule has 0 aliphatic carbocycles. The number of hydrogen-bond acceptors (Lipinski definition) is 2. The third-order valence-electron chi connectivity index (χ3n) is 3.02. The van der Waals surface area contributed by atoms with Gasteiger partial charge in [-0.3, -0.25) is 0 Å². The third kappa shape index (κ3) is 5.87. The predicted molar refractivity (Wildman–Crippen MR) is 76.6 cm³/mol. The van der Waals surface area contributed by atoms with E-state index in [0.717, 1.165) is 12.8 Å². The first-order chi connectivity index (χ1) is 8.54. The molecule has 0 saturated carbocycles. The topological polar surface area (TPSA) is 34.1 Å². The highest BCUT2D eigenvalue weighted by molar-refractivity contribution is 8.13. The van der Waals surface area contributed by atoms with Crippen LogP contribution >= 0.6 is 10.7 Å². The molecule has 0 aromatic heterocycles. The Balaban J connectivity index is 2.32. The van der Waals surface area contributed by atoms with Crippen LogP contribution in [0.1, 0.15) is 51.0 Å². The monoisotopic (exact) mass is 288 g/mol. The maximum Gasteiger partial charge on any atom is 0.261 e. The fourth-order valence-corrected chi connectivity index (χ4v) is 2.70. The van der Waals surface area contributed by atoms with Gasteiger partial charge in [-0.1, -0.05) is 51.2 Å². The van der Waals surface area contributed by atoms with Crippen LogP contribution < -0.4 is 0 Å². The second kappa shape index (κ2) is 7.80. The van der Waals surface area contributed by atoms with E-state index in [2.05, 4.69) is 6.92 Å². The van der Waals surface area contributed by atoms with E-state index in [4.69, 9.17) is 10.7 Å². The largest absolute Gasteiger partial charge is 0.261 e. The minimum Gasteiger partial charge on any atom is -0.207 e. The fourth-order valence-electron chi connectivity index (χ4n) is 1.93. The molecule has 1 aromatic rings. The Morgan fingerprint density at radius 3 is 2.06 bits per heavy atom. The van der Waals surface area contributed by atoms with Gasteiger partial charge in [-0.05, 0) is 30.5 Å². The summed E-state index contributed by atoms with van der Waals surface area (Å²) in [6, 6.07) is 6.85. The van der Waals surface area contributed by atoms with Crippen LogP contribution in [0.5, 0.6) is 0 Å². The zero-order chi connectivity index (χ0) is 13.4. The van der Waals surface area contributed by atoms with Crippen molar-refractivity contribution in [3.63, 3.8) is 0 Å². The van der Waals surface area contributed by atoms with Crippen molar-refractivity contribution in [1.82, 2.24) is 0 Å². The molecule has 2 nitrogen and oxygen atoms in total. The van der Waals surface area contributed by atoms with E-state index in [-0.39, 0.29) is 4.90 Å².